The molecule has 0 saturated carbocycles. The van der Waals surface area contributed by atoms with E-state index in [-0.39, 0.29) is 10.6 Å². The van der Waals surface area contributed by atoms with Gasteiger partial charge in [-0.3, -0.25) is 9.69 Å². The van der Waals surface area contributed by atoms with Crippen LogP contribution in [-0.4, -0.2) is 55.1 Å². The number of piperazine rings is 1. The summed E-state index contributed by atoms with van der Waals surface area (Å²) in [5, 5.41) is 4.58. The molecule has 8 heteroatoms. The Bertz CT molecular complexity index is 915. The van der Waals surface area contributed by atoms with Crippen LogP contribution in [0.1, 0.15) is 26.3 Å². The molecule has 0 N–H and O–H groups in total. The first-order valence-corrected chi connectivity index (χ1v) is 10.1. The van der Waals surface area contributed by atoms with E-state index in [1.807, 2.05) is 39.0 Å². The number of rotatable bonds is 5. The first-order chi connectivity index (χ1) is 13.7. The van der Waals surface area contributed by atoms with E-state index in [1.54, 1.807) is 20.4 Å². The van der Waals surface area contributed by atoms with Gasteiger partial charge in [0.25, 0.3) is 5.56 Å². The van der Waals surface area contributed by atoms with E-state index in [0.29, 0.717) is 5.69 Å². The molecule has 0 amide bonds. The molecule has 2 aromatic rings. The van der Waals surface area contributed by atoms with Crippen molar-refractivity contribution in [3.8, 4) is 11.5 Å². The summed E-state index contributed by atoms with van der Waals surface area (Å²) in [6, 6.07) is 5.84. The summed E-state index contributed by atoms with van der Waals surface area (Å²) in [4.78, 5) is 17.1. The lowest BCUT2D eigenvalue weighted by molar-refractivity contribution is 0.245. The van der Waals surface area contributed by atoms with Crippen LogP contribution < -0.4 is 19.9 Å². The fraction of sp³-hybridized carbons (Fsp3) is 0.524. The van der Waals surface area contributed by atoms with Gasteiger partial charge in [0.15, 0.2) is 0 Å². The van der Waals surface area contributed by atoms with Gasteiger partial charge in [-0.25, -0.2) is 4.68 Å². The maximum atomic E-state index is 12.6. The fourth-order valence-corrected chi connectivity index (χ4v) is 3.76. The molecule has 1 aliphatic rings. The largest absolute Gasteiger partial charge is 0.497 e. The summed E-state index contributed by atoms with van der Waals surface area (Å²) in [7, 11) is 3.34. The number of nitrogens with zero attached hydrogens (tertiary/aromatic N) is 4. The molecule has 0 atom stereocenters. The van der Waals surface area contributed by atoms with Crippen molar-refractivity contribution in [2.45, 2.75) is 32.9 Å². The van der Waals surface area contributed by atoms with Crippen molar-refractivity contribution in [1.29, 1.82) is 0 Å². The minimum absolute atomic E-state index is 0.234. The van der Waals surface area contributed by atoms with E-state index >= 15 is 0 Å². The Morgan fingerprint density at radius 3 is 2.38 bits per heavy atom. The maximum absolute atomic E-state index is 12.6. The Balaban J connectivity index is 1.70. The van der Waals surface area contributed by atoms with E-state index in [9.17, 15) is 4.79 Å². The van der Waals surface area contributed by atoms with Crippen LogP contribution in [0.5, 0.6) is 11.5 Å². The Morgan fingerprint density at radius 1 is 1.10 bits per heavy atom. The third-order valence-corrected chi connectivity index (χ3v) is 5.49. The highest BCUT2D eigenvalue weighted by atomic mass is 35.5. The number of benzene rings is 1. The van der Waals surface area contributed by atoms with Gasteiger partial charge in [0.05, 0.1) is 31.6 Å². The molecule has 158 valence electrons. The highest BCUT2D eigenvalue weighted by Crippen LogP contribution is 2.27. The van der Waals surface area contributed by atoms with E-state index in [2.05, 4.69) is 14.9 Å². The number of aromatic nitrogens is 2. The molecule has 1 aromatic carbocycles. The third kappa shape index (κ3) is 4.67. The molecule has 2 heterocycles. The maximum Gasteiger partial charge on any atom is 0.288 e. The van der Waals surface area contributed by atoms with Crippen molar-refractivity contribution in [3.63, 3.8) is 0 Å². The van der Waals surface area contributed by atoms with Crippen molar-refractivity contribution in [2.24, 2.45) is 0 Å². The number of ether oxygens (including phenoxy) is 2. The monoisotopic (exact) mass is 420 g/mol. The van der Waals surface area contributed by atoms with Crippen molar-refractivity contribution in [2.75, 3.05) is 45.3 Å². The highest BCUT2D eigenvalue weighted by molar-refractivity contribution is 6.33. The zero-order valence-corrected chi connectivity index (χ0v) is 18.5. The van der Waals surface area contributed by atoms with Crippen LogP contribution in [0.15, 0.2) is 29.2 Å². The normalized spacial score (nSPS) is 15.4. The molecule has 0 radical (unpaired) electrons. The van der Waals surface area contributed by atoms with Crippen molar-refractivity contribution >= 4 is 17.3 Å². The van der Waals surface area contributed by atoms with Crippen molar-refractivity contribution < 1.29 is 9.47 Å². The van der Waals surface area contributed by atoms with E-state index in [0.717, 1.165) is 49.8 Å². The van der Waals surface area contributed by atoms with E-state index < -0.39 is 5.54 Å². The summed E-state index contributed by atoms with van der Waals surface area (Å²) >= 11 is 6.42. The zero-order chi connectivity index (χ0) is 21.2. The lowest BCUT2D eigenvalue weighted by atomic mass is 10.1. The molecule has 7 nitrogen and oxygen atoms in total. The molecule has 1 aromatic heterocycles. The van der Waals surface area contributed by atoms with Gasteiger partial charge in [0, 0.05) is 38.3 Å². The van der Waals surface area contributed by atoms with Gasteiger partial charge in [0.1, 0.15) is 16.5 Å². The average molecular weight is 421 g/mol. The SMILES string of the molecule is COc1ccc(OC)c(CN2CCN(c3cnn(C(C)(C)C)c(=O)c3Cl)CC2)c1. The quantitative estimate of drug-likeness (QED) is 0.741. The summed E-state index contributed by atoms with van der Waals surface area (Å²) in [6.45, 7) is 9.80. The van der Waals surface area contributed by atoms with E-state index in [1.165, 1.54) is 4.68 Å². The van der Waals surface area contributed by atoms with Crippen LogP contribution in [0.2, 0.25) is 5.02 Å². The molecule has 1 aliphatic heterocycles. The van der Waals surface area contributed by atoms with Gasteiger partial charge in [-0.1, -0.05) is 11.6 Å². The molecule has 0 spiro atoms. The molecular formula is C21H29ClN4O3. The van der Waals surface area contributed by atoms with E-state index in [4.69, 9.17) is 21.1 Å². The number of methoxy groups -OCH3 is 2. The summed E-state index contributed by atoms with van der Waals surface area (Å²) in [5.41, 5.74) is 1.14. The number of hydrogen-bond donors (Lipinski definition) is 0. The van der Waals surface area contributed by atoms with Crippen LogP contribution in [0, 0.1) is 0 Å². The average Bonchev–Trinajstić information content (AvgIpc) is 2.69. The fourth-order valence-electron chi connectivity index (χ4n) is 3.52. The predicted octanol–water partition coefficient (Wildman–Crippen LogP) is 2.99. The first-order valence-electron chi connectivity index (χ1n) is 9.71. The van der Waals surface area contributed by atoms with Crippen LogP contribution in [0.25, 0.3) is 0 Å². The molecule has 0 unspecified atom stereocenters. The molecule has 29 heavy (non-hydrogen) atoms. The van der Waals surface area contributed by atoms with Gasteiger partial charge in [-0.15, -0.1) is 0 Å². The number of hydrogen-bond acceptors (Lipinski definition) is 6. The Morgan fingerprint density at radius 2 is 1.79 bits per heavy atom. The Kier molecular flexibility index (Phi) is 6.39. The molecule has 1 saturated heterocycles. The van der Waals surface area contributed by atoms with Crippen LogP contribution in [-0.2, 0) is 12.1 Å². The predicted molar refractivity (Wildman–Crippen MR) is 116 cm³/mol. The number of anilines is 1. The molecule has 0 aliphatic carbocycles. The second kappa shape index (κ2) is 8.63. The minimum atomic E-state index is -0.409. The zero-order valence-electron chi connectivity index (χ0n) is 17.7. The molecular weight excluding hydrogens is 392 g/mol. The minimum Gasteiger partial charge on any atom is -0.497 e. The molecule has 3 rings (SSSR count). The van der Waals surface area contributed by atoms with Gasteiger partial charge < -0.3 is 14.4 Å². The summed E-state index contributed by atoms with van der Waals surface area (Å²) in [5.74, 6) is 1.67. The topological polar surface area (TPSA) is 59.8 Å². The first kappa shape index (κ1) is 21.5. The second-order valence-electron chi connectivity index (χ2n) is 8.17. The van der Waals surface area contributed by atoms with Crippen molar-refractivity contribution in [1.82, 2.24) is 14.7 Å². The smallest absolute Gasteiger partial charge is 0.288 e. The third-order valence-electron chi connectivity index (χ3n) is 5.13. The Labute approximate surface area is 176 Å². The van der Waals surface area contributed by atoms with Crippen LogP contribution in [0.3, 0.4) is 0 Å². The van der Waals surface area contributed by atoms with Gasteiger partial charge in [-0.2, -0.15) is 5.10 Å². The summed E-state index contributed by atoms with van der Waals surface area (Å²) < 4.78 is 12.3. The van der Waals surface area contributed by atoms with Gasteiger partial charge in [0.2, 0.25) is 0 Å². The molecule has 0 bridgehead atoms. The lowest BCUT2D eigenvalue weighted by Crippen LogP contribution is -2.47. The lowest BCUT2D eigenvalue weighted by Gasteiger charge is -2.36. The van der Waals surface area contributed by atoms with Gasteiger partial charge in [-0.05, 0) is 39.0 Å². The number of halogens is 1. The van der Waals surface area contributed by atoms with Crippen LogP contribution in [0.4, 0.5) is 5.69 Å². The summed E-state index contributed by atoms with van der Waals surface area (Å²) in [6.07, 6.45) is 1.70. The highest BCUT2D eigenvalue weighted by Gasteiger charge is 2.24. The standard InChI is InChI=1S/C21H29ClN4O3/c1-21(2,3)26-20(27)19(22)17(13-23-26)25-10-8-24(9-11-25)14-15-12-16(28-4)6-7-18(15)29-5/h6-7,12-13H,8-11,14H2,1-5H3. The van der Waals surface area contributed by atoms with Crippen LogP contribution >= 0.6 is 11.6 Å². The second-order valence-corrected chi connectivity index (χ2v) is 8.55. The Hall–Kier alpha value is -2.25. The van der Waals surface area contributed by atoms with Gasteiger partial charge >= 0.3 is 0 Å². The molecule has 1 fully saturated rings. The van der Waals surface area contributed by atoms with Crippen molar-refractivity contribution in [3.05, 3.63) is 45.3 Å².